The molecule has 0 bridgehead atoms. The van der Waals surface area contributed by atoms with Gasteiger partial charge in [0.15, 0.2) is 11.5 Å². The van der Waals surface area contributed by atoms with Gasteiger partial charge in [-0.05, 0) is 18.2 Å². The van der Waals surface area contributed by atoms with Crippen molar-refractivity contribution in [3.63, 3.8) is 0 Å². The molecule has 19 heavy (non-hydrogen) atoms. The predicted octanol–water partition coefficient (Wildman–Crippen LogP) is -1.27. The molecule has 0 amide bonds. The maximum Gasteiger partial charge on any atom is 0.161 e. The van der Waals surface area contributed by atoms with Crippen LogP contribution in [-0.4, -0.2) is 46.6 Å². The Morgan fingerprint density at radius 1 is 1.26 bits per heavy atom. The fourth-order valence-corrected chi connectivity index (χ4v) is 2.20. The molecule has 5 heteroatoms. The molecule has 1 aliphatic rings. The lowest BCUT2D eigenvalue weighted by atomic mass is 10.2. The smallest absolute Gasteiger partial charge is 0.161 e. The Labute approximate surface area is 114 Å². The minimum Gasteiger partial charge on any atom is -0.493 e. The molecule has 4 N–H and O–H groups in total. The first-order valence-electron chi connectivity index (χ1n) is 6.83. The van der Waals surface area contributed by atoms with Crippen molar-refractivity contribution < 1.29 is 24.8 Å². The Kier molecular flexibility index (Phi) is 5.44. The van der Waals surface area contributed by atoms with Crippen molar-refractivity contribution in [3.8, 4) is 11.5 Å². The highest BCUT2D eigenvalue weighted by Gasteiger charge is 2.14. The van der Waals surface area contributed by atoms with Crippen molar-refractivity contribution in [2.75, 3.05) is 46.6 Å². The molecule has 0 atom stereocenters. The SMILES string of the molecule is COc1cc(C[NH3+])ccc1OCC[NH+]1CCOCC1. The van der Waals surface area contributed by atoms with Gasteiger partial charge in [-0.2, -0.15) is 0 Å². The molecule has 2 rings (SSSR count). The molecule has 5 nitrogen and oxygen atoms in total. The van der Waals surface area contributed by atoms with E-state index in [9.17, 15) is 0 Å². The van der Waals surface area contributed by atoms with Crippen LogP contribution in [0.2, 0.25) is 0 Å². The van der Waals surface area contributed by atoms with Crippen molar-refractivity contribution >= 4 is 0 Å². The van der Waals surface area contributed by atoms with Crippen LogP contribution in [0.4, 0.5) is 0 Å². The van der Waals surface area contributed by atoms with Crippen molar-refractivity contribution in [1.29, 1.82) is 0 Å². The number of hydrogen-bond acceptors (Lipinski definition) is 3. The van der Waals surface area contributed by atoms with E-state index in [-0.39, 0.29) is 0 Å². The van der Waals surface area contributed by atoms with E-state index in [1.807, 2.05) is 18.2 Å². The molecule has 0 radical (unpaired) electrons. The summed E-state index contributed by atoms with van der Waals surface area (Å²) in [5.41, 5.74) is 5.03. The lowest BCUT2D eigenvalue weighted by Crippen LogP contribution is -3.14. The summed E-state index contributed by atoms with van der Waals surface area (Å²) in [6.45, 7) is 6.32. The van der Waals surface area contributed by atoms with Gasteiger partial charge in [0.2, 0.25) is 0 Å². The summed E-state index contributed by atoms with van der Waals surface area (Å²) >= 11 is 0. The van der Waals surface area contributed by atoms with Gasteiger partial charge in [-0.3, -0.25) is 0 Å². The standard InChI is InChI=1S/C14H22N2O3/c1-17-14-10-12(11-15)2-3-13(14)19-9-6-16-4-7-18-8-5-16/h2-3,10H,4-9,11,15H2,1H3/p+2. The van der Waals surface area contributed by atoms with Crippen LogP contribution in [0, 0.1) is 0 Å². The van der Waals surface area contributed by atoms with Gasteiger partial charge in [-0.15, -0.1) is 0 Å². The van der Waals surface area contributed by atoms with E-state index >= 15 is 0 Å². The van der Waals surface area contributed by atoms with Crippen molar-refractivity contribution in [1.82, 2.24) is 0 Å². The highest BCUT2D eigenvalue weighted by molar-refractivity contribution is 5.42. The molecular weight excluding hydrogens is 244 g/mol. The van der Waals surface area contributed by atoms with E-state index in [1.54, 1.807) is 12.0 Å². The Bertz CT molecular complexity index is 392. The van der Waals surface area contributed by atoms with Crippen LogP contribution in [-0.2, 0) is 11.3 Å². The summed E-state index contributed by atoms with van der Waals surface area (Å²) in [5, 5.41) is 0. The van der Waals surface area contributed by atoms with E-state index < -0.39 is 0 Å². The second-order valence-corrected chi connectivity index (χ2v) is 4.70. The van der Waals surface area contributed by atoms with E-state index in [0.717, 1.165) is 56.5 Å². The molecule has 1 aliphatic heterocycles. The van der Waals surface area contributed by atoms with Crippen LogP contribution in [0.25, 0.3) is 0 Å². The molecule has 0 saturated carbocycles. The average Bonchev–Trinajstić information content (AvgIpc) is 2.48. The highest BCUT2D eigenvalue weighted by Crippen LogP contribution is 2.27. The lowest BCUT2D eigenvalue weighted by molar-refractivity contribution is -0.908. The van der Waals surface area contributed by atoms with Crippen molar-refractivity contribution in [2.45, 2.75) is 6.54 Å². The number of ether oxygens (including phenoxy) is 3. The maximum absolute atomic E-state index is 5.82. The average molecular weight is 268 g/mol. The second-order valence-electron chi connectivity index (χ2n) is 4.70. The van der Waals surface area contributed by atoms with E-state index in [0.29, 0.717) is 6.61 Å². The van der Waals surface area contributed by atoms with Crippen LogP contribution in [0.3, 0.4) is 0 Å². The number of benzene rings is 1. The third-order valence-corrected chi connectivity index (χ3v) is 3.43. The lowest BCUT2D eigenvalue weighted by Gasteiger charge is -2.23. The molecule has 106 valence electrons. The first-order valence-corrected chi connectivity index (χ1v) is 6.83. The second kappa shape index (κ2) is 7.33. The normalized spacial score (nSPS) is 16.3. The topological polar surface area (TPSA) is 59.8 Å². The number of rotatable bonds is 6. The summed E-state index contributed by atoms with van der Waals surface area (Å²) in [5.74, 6) is 1.60. The van der Waals surface area contributed by atoms with Crippen molar-refractivity contribution in [2.24, 2.45) is 0 Å². The fraction of sp³-hybridized carbons (Fsp3) is 0.571. The van der Waals surface area contributed by atoms with Crippen LogP contribution >= 0.6 is 0 Å². The molecule has 0 unspecified atom stereocenters. The molecule has 1 heterocycles. The van der Waals surface area contributed by atoms with Gasteiger partial charge in [-0.1, -0.05) is 0 Å². The van der Waals surface area contributed by atoms with Gasteiger partial charge >= 0.3 is 0 Å². The molecule has 1 aromatic rings. The minimum absolute atomic E-state index is 0.704. The third kappa shape index (κ3) is 4.09. The Hall–Kier alpha value is -1.30. The van der Waals surface area contributed by atoms with E-state index in [2.05, 4.69) is 5.73 Å². The molecule has 0 aromatic heterocycles. The predicted molar refractivity (Wildman–Crippen MR) is 71.5 cm³/mol. The van der Waals surface area contributed by atoms with Crippen LogP contribution in [0.1, 0.15) is 5.56 Å². The summed E-state index contributed by atoms with van der Waals surface area (Å²) < 4.78 is 16.5. The largest absolute Gasteiger partial charge is 0.493 e. The van der Waals surface area contributed by atoms with Crippen LogP contribution < -0.4 is 20.1 Å². The summed E-state index contributed by atoms with van der Waals surface area (Å²) in [7, 11) is 1.67. The maximum atomic E-state index is 5.82. The fourth-order valence-electron chi connectivity index (χ4n) is 2.20. The van der Waals surface area contributed by atoms with Gasteiger partial charge in [-0.25, -0.2) is 0 Å². The van der Waals surface area contributed by atoms with E-state index in [4.69, 9.17) is 14.2 Å². The zero-order chi connectivity index (χ0) is 13.5. The monoisotopic (exact) mass is 268 g/mol. The molecule has 1 aromatic carbocycles. The van der Waals surface area contributed by atoms with E-state index in [1.165, 1.54) is 0 Å². The summed E-state index contributed by atoms with van der Waals surface area (Å²) in [6.07, 6.45) is 0. The first kappa shape index (κ1) is 14.1. The van der Waals surface area contributed by atoms with Gasteiger partial charge in [0.05, 0.1) is 26.9 Å². The first-order chi connectivity index (χ1) is 9.33. The third-order valence-electron chi connectivity index (χ3n) is 3.43. The van der Waals surface area contributed by atoms with Crippen molar-refractivity contribution in [3.05, 3.63) is 23.8 Å². The number of nitrogens with one attached hydrogen (secondary N) is 1. The zero-order valence-electron chi connectivity index (χ0n) is 11.6. The Morgan fingerprint density at radius 2 is 2.05 bits per heavy atom. The number of methoxy groups -OCH3 is 1. The minimum atomic E-state index is 0.704. The molecule has 0 aliphatic carbocycles. The number of morpholine rings is 1. The Balaban J connectivity index is 1.84. The molecule has 1 fully saturated rings. The Morgan fingerprint density at radius 3 is 2.74 bits per heavy atom. The molecule has 1 saturated heterocycles. The molecule has 0 spiro atoms. The summed E-state index contributed by atoms with van der Waals surface area (Å²) in [4.78, 5) is 1.54. The quantitative estimate of drug-likeness (QED) is 0.676. The molecular formula is C14H24N2O3+2. The van der Waals surface area contributed by atoms with Crippen LogP contribution in [0.15, 0.2) is 18.2 Å². The van der Waals surface area contributed by atoms with Gasteiger partial charge in [0.25, 0.3) is 0 Å². The summed E-state index contributed by atoms with van der Waals surface area (Å²) in [6, 6.07) is 5.99. The van der Waals surface area contributed by atoms with Gasteiger partial charge in [0, 0.05) is 5.56 Å². The number of quaternary nitrogens is 2. The van der Waals surface area contributed by atoms with Crippen LogP contribution in [0.5, 0.6) is 11.5 Å². The van der Waals surface area contributed by atoms with Gasteiger partial charge < -0.3 is 24.8 Å². The zero-order valence-corrected chi connectivity index (χ0v) is 11.6. The number of hydrogen-bond donors (Lipinski definition) is 2. The highest BCUT2D eigenvalue weighted by atomic mass is 16.5. The van der Waals surface area contributed by atoms with Gasteiger partial charge in [0.1, 0.15) is 26.2 Å².